The maximum atomic E-state index is 9.35. The molecule has 0 saturated heterocycles. The molecule has 3 heteroatoms. The minimum absolute atomic E-state index is 0.338. The van der Waals surface area contributed by atoms with Crippen molar-refractivity contribution in [3.05, 3.63) is 29.8 Å². The molecule has 1 aliphatic carbocycles. The molecular formula is C17H28N2O. The zero-order valence-electron chi connectivity index (χ0n) is 12.8. The van der Waals surface area contributed by atoms with E-state index in [1.54, 1.807) is 12.1 Å². The van der Waals surface area contributed by atoms with Crippen LogP contribution < -0.4 is 5.32 Å². The zero-order valence-corrected chi connectivity index (χ0v) is 12.8. The first-order valence-corrected chi connectivity index (χ1v) is 7.93. The molecule has 0 radical (unpaired) electrons. The average Bonchev–Trinajstić information content (AvgIpc) is 2.99. The summed E-state index contributed by atoms with van der Waals surface area (Å²) in [6.07, 6.45) is 6.59. The summed E-state index contributed by atoms with van der Waals surface area (Å²) < 4.78 is 0. The first-order chi connectivity index (χ1) is 9.70. The summed E-state index contributed by atoms with van der Waals surface area (Å²) in [4.78, 5) is 2.50. The third-order valence-corrected chi connectivity index (χ3v) is 4.51. The molecule has 20 heavy (non-hydrogen) atoms. The highest BCUT2D eigenvalue weighted by Gasteiger charge is 2.19. The highest BCUT2D eigenvalue weighted by Crippen LogP contribution is 2.22. The van der Waals surface area contributed by atoms with Gasteiger partial charge in [-0.3, -0.25) is 0 Å². The number of hydrogen-bond acceptors (Lipinski definition) is 3. The van der Waals surface area contributed by atoms with Crippen LogP contribution in [0.3, 0.4) is 0 Å². The van der Waals surface area contributed by atoms with Crippen molar-refractivity contribution in [3.63, 3.8) is 0 Å². The van der Waals surface area contributed by atoms with Gasteiger partial charge in [0.2, 0.25) is 0 Å². The molecule has 1 atom stereocenters. The third kappa shape index (κ3) is 4.22. The number of hydrogen-bond donors (Lipinski definition) is 2. The van der Waals surface area contributed by atoms with E-state index in [1.165, 1.54) is 31.2 Å². The fourth-order valence-electron chi connectivity index (χ4n) is 3.15. The molecule has 1 fully saturated rings. The summed E-state index contributed by atoms with van der Waals surface area (Å²) in [7, 11) is 2.25. The Morgan fingerprint density at radius 1 is 1.25 bits per heavy atom. The van der Waals surface area contributed by atoms with E-state index in [2.05, 4.69) is 24.2 Å². The summed E-state index contributed by atoms with van der Waals surface area (Å²) in [5.41, 5.74) is 1.26. The van der Waals surface area contributed by atoms with E-state index in [1.807, 2.05) is 12.1 Å². The van der Waals surface area contributed by atoms with Gasteiger partial charge in [-0.25, -0.2) is 0 Å². The SMILES string of the molecule is CCC(NCCN(C)C1CCCC1)c1ccc(O)cc1. The number of benzene rings is 1. The van der Waals surface area contributed by atoms with Crippen LogP contribution in [0.5, 0.6) is 5.75 Å². The quantitative estimate of drug-likeness (QED) is 0.802. The zero-order chi connectivity index (χ0) is 14.4. The molecule has 0 bridgehead atoms. The van der Waals surface area contributed by atoms with Crippen molar-refractivity contribution < 1.29 is 5.11 Å². The van der Waals surface area contributed by atoms with Crippen molar-refractivity contribution in [2.75, 3.05) is 20.1 Å². The molecule has 0 amide bonds. The number of aromatic hydroxyl groups is 1. The molecule has 0 heterocycles. The molecule has 3 nitrogen and oxygen atoms in total. The van der Waals surface area contributed by atoms with Gasteiger partial charge in [0.1, 0.15) is 5.75 Å². The molecule has 1 unspecified atom stereocenters. The number of phenols is 1. The van der Waals surface area contributed by atoms with E-state index < -0.39 is 0 Å². The van der Waals surface area contributed by atoms with Crippen LogP contribution in [0.1, 0.15) is 50.6 Å². The Morgan fingerprint density at radius 2 is 1.90 bits per heavy atom. The predicted molar refractivity (Wildman–Crippen MR) is 84.0 cm³/mol. The second kappa shape index (κ2) is 7.65. The van der Waals surface area contributed by atoms with Crippen LogP contribution in [0.25, 0.3) is 0 Å². The lowest BCUT2D eigenvalue weighted by Crippen LogP contribution is -2.36. The van der Waals surface area contributed by atoms with Crippen LogP contribution in [-0.2, 0) is 0 Å². The van der Waals surface area contributed by atoms with Gasteiger partial charge in [0.05, 0.1) is 0 Å². The molecule has 1 saturated carbocycles. The molecule has 112 valence electrons. The largest absolute Gasteiger partial charge is 0.508 e. The molecule has 2 rings (SSSR count). The van der Waals surface area contributed by atoms with Crippen LogP contribution >= 0.6 is 0 Å². The summed E-state index contributed by atoms with van der Waals surface area (Å²) in [6, 6.07) is 8.74. The van der Waals surface area contributed by atoms with Crippen LogP contribution in [0, 0.1) is 0 Å². The fraction of sp³-hybridized carbons (Fsp3) is 0.647. The Morgan fingerprint density at radius 3 is 2.50 bits per heavy atom. The Labute approximate surface area is 123 Å². The van der Waals surface area contributed by atoms with Crippen molar-refractivity contribution in [1.29, 1.82) is 0 Å². The average molecular weight is 276 g/mol. The minimum Gasteiger partial charge on any atom is -0.508 e. The van der Waals surface area contributed by atoms with Crippen LogP contribution in [0.2, 0.25) is 0 Å². The van der Waals surface area contributed by atoms with Crippen molar-refractivity contribution in [3.8, 4) is 5.75 Å². The van der Waals surface area contributed by atoms with Gasteiger partial charge in [-0.15, -0.1) is 0 Å². The fourth-order valence-corrected chi connectivity index (χ4v) is 3.15. The van der Waals surface area contributed by atoms with Gasteiger partial charge in [-0.2, -0.15) is 0 Å². The molecular weight excluding hydrogens is 248 g/mol. The molecule has 1 aromatic carbocycles. The standard InChI is InChI=1S/C17H28N2O/c1-3-17(14-8-10-16(20)11-9-14)18-12-13-19(2)15-6-4-5-7-15/h8-11,15,17-18,20H,3-7,12-13H2,1-2H3. The highest BCUT2D eigenvalue weighted by molar-refractivity contribution is 5.27. The van der Waals surface area contributed by atoms with E-state index in [9.17, 15) is 5.11 Å². The Hall–Kier alpha value is -1.06. The second-order valence-electron chi connectivity index (χ2n) is 5.93. The lowest BCUT2D eigenvalue weighted by Gasteiger charge is -2.25. The number of likely N-dealkylation sites (N-methyl/N-ethyl adjacent to an activating group) is 1. The number of rotatable bonds is 7. The van der Waals surface area contributed by atoms with E-state index in [4.69, 9.17) is 0 Å². The summed E-state index contributed by atoms with van der Waals surface area (Å²) in [6.45, 7) is 4.33. The molecule has 1 aromatic rings. The smallest absolute Gasteiger partial charge is 0.115 e. The first-order valence-electron chi connectivity index (χ1n) is 7.93. The minimum atomic E-state index is 0.338. The summed E-state index contributed by atoms with van der Waals surface area (Å²) in [5, 5.41) is 13.0. The van der Waals surface area contributed by atoms with Gasteiger partial charge in [0.15, 0.2) is 0 Å². The lowest BCUT2D eigenvalue weighted by molar-refractivity contribution is 0.242. The third-order valence-electron chi connectivity index (χ3n) is 4.51. The summed E-state index contributed by atoms with van der Waals surface area (Å²) in [5.74, 6) is 0.338. The van der Waals surface area contributed by atoms with Crippen LogP contribution in [0.15, 0.2) is 24.3 Å². The Kier molecular flexibility index (Phi) is 5.86. The second-order valence-corrected chi connectivity index (χ2v) is 5.93. The van der Waals surface area contributed by atoms with E-state index in [-0.39, 0.29) is 0 Å². The van der Waals surface area contributed by atoms with Crippen molar-refractivity contribution in [1.82, 2.24) is 10.2 Å². The Balaban J connectivity index is 1.77. The number of nitrogens with zero attached hydrogens (tertiary/aromatic N) is 1. The van der Waals surface area contributed by atoms with E-state index in [0.717, 1.165) is 25.6 Å². The van der Waals surface area contributed by atoms with Gasteiger partial charge in [-0.05, 0) is 44.0 Å². The summed E-state index contributed by atoms with van der Waals surface area (Å²) >= 11 is 0. The van der Waals surface area contributed by atoms with E-state index in [0.29, 0.717) is 11.8 Å². The molecule has 0 aliphatic heterocycles. The van der Waals surface area contributed by atoms with E-state index >= 15 is 0 Å². The van der Waals surface area contributed by atoms with Crippen LogP contribution in [0.4, 0.5) is 0 Å². The monoisotopic (exact) mass is 276 g/mol. The topological polar surface area (TPSA) is 35.5 Å². The Bertz CT molecular complexity index is 384. The van der Waals surface area contributed by atoms with Crippen molar-refractivity contribution in [2.24, 2.45) is 0 Å². The number of nitrogens with one attached hydrogen (secondary N) is 1. The predicted octanol–water partition coefficient (Wildman–Crippen LogP) is 3.31. The van der Waals surface area contributed by atoms with Gasteiger partial charge in [0, 0.05) is 25.2 Å². The molecule has 1 aliphatic rings. The van der Waals surface area contributed by atoms with Gasteiger partial charge < -0.3 is 15.3 Å². The lowest BCUT2D eigenvalue weighted by atomic mass is 10.0. The van der Waals surface area contributed by atoms with Gasteiger partial charge in [0.25, 0.3) is 0 Å². The maximum absolute atomic E-state index is 9.35. The van der Waals surface area contributed by atoms with Crippen LogP contribution in [-0.4, -0.2) is 36.2 Å². The van der Waals surface area contributed by atoms with Crippen molar-refractivity contribution in [2.45, 2.75) is 51.1 Å². The normalized spacial score (nSPS) is 17.8. The van der Waals surface area contributed by atoms with Gasteiger partial charge in [-0.1, -0.05) is 31.9 Å². The van der Waals surface area contributed by atoms with Gasteiger partial charge >= 0.3 is 0 Å². The molecule has 0 aromatic heterocycles. The molecule has 2 N–H and O–H groups in total. The maximum Gasteiger partial charge on any atom is 0.115 e. The first kappa shape index (κ1) is 15.3. The number of phenolic OH excluding ortho intramolecular Hbond substituents is 1. The molecule has 0 spiro atoms. The van der Waals surface area contributed by atoms with Crippen molar-refractivity contribution >= 4 is 0 Å². The highest BCUT2D eigenvalue weighted by atomic mass is 16.3.